The number of nitrogens with two attached hydrogens (primary N) is 1. The van der Waals surface area contributed by atoms with Crippen LogP contribution >= 0.6 is 0 Å². The van der Waals surface area contributed by atoms with Crippen molar-refractivity contribution in [3.05, 3.63) is 52.6 Å². The SMILES string of the molecule is Nc1ccccc1OCCCC(=O)Nc1cc([N+](=O)[O-])ccc1O. The first-order valence-electron chi connectivity index (χ1n) is 7.22. The Bertz CT molecular complexity index is 748. The molecule has 2 aromatic carbocycles. The number of carbonyl (C=O) groups is 1. The number of nitro benzene ring substituents is 1. The van der Waals surface area contributed by atoms with Crippen LogP contribution in [0.25, 0.3) is 0 Å². The van der Waals surface area contributed by atoms with E-state index in [4.69, 9.17) is 10.5 Å². The first-order valence-corrected chi connectivity index (χ1v) is 7.22. The van der Waals surface area contributed by atoms with Crippen LogP contribution in [0.15, 0.2) is 42.5 Å². The van der Waals surface area contributed by atoms with Crippen LogP contribution in [0, 0.1) is 10.1 Å². The average molecular weight is 331 g/mol. The summed E-state index contributed by atoms with van der Waals surface area (Å²) in [6, 6.07) is 10.5. The number of anilines is 2. The molecule has 0 aromatic heterocycles. The Kier molecular flexibility index (Phi) is 5.56. The van der Waals surface area contributed by atoms with Gasteiger partial charge in [0.2, 0.25) is 5.91 Å². The van der Waals surface area contributed by atoms with Gasteiger partial charge in [-0.1, -0.05) is 12.1 Å². The second-order valence-corrected chi connectivity index (χ2v) is 5.00. The van der Waals surface area contributed by atoms with Gasteiger partial charge in [-0.05, 0) is 24.6 Å². The molecular weight excluding hydrogens is 314 g/mol. The fourth-order valence-electron chi connectivity index (χ4n) is 1.98. The zero-order valence-electron chi connectivity index (χ0n) is 12.8. The molecule has 0 aliphatic carbocycles. The lowest BCUT2D eigenvalue weighted by atomic mass is 10.2. The van der Waals surface area contributed by atoms with Crippen molar-refractivity contribution in [2.75, 3.05) is 17.7 Å². The lowest BCUT2D eigenvalue weighted by Gasteiger charge is -2.09. The number of rotatable bonds is 7. The molecule has 0 radical (unpaired) electrons. The highest BCUT2D eigenvalue weighted by Crippen LogP contribution is 2.28. The molecule has 4 N–H and O–H groups in total. The van der Waals surface area contributed by atoms with E-state index in [9.17, 15) is 20.0 Å². The number of amides is 1. The number of nitrogen functional groups attached to an aromatic ring is 1. The van der Waals surface area contributed by atoms with Gasteiger partial charge in [0.25, 0.3) is 5.69 Å². The van der Waals surface area contributed by atoms with Crippen LogP contribution in [0.2, 0.25) is 0 Å². The number of nitrogens with one attached hydrogen (secondary N) is 1. The van der Waals surface area contributed by atoms with Gasteiger partial charge < -0.3 is 20.9 Å². The molecule has 24 heavy (non-hydrogen) atoms. The predicted molar refractivity (Wildman–Crippen MR) is 89.0 cm³/mol. The number of nitrogens with zero attached hydrogens (tertiary/aromatic N) is 1. The number of benzene rings is 2. The maximum absolute atomic E-state index is 11.9. The number of nitro groups is 1. The second-order valence-electron chi connectivity index (χ2n) is 5.00. The number of phenolic OH excluding ortho intramolecular Hbond substituents is 1. The van der Waals surface area contributed by atoms with Crippen LogP contribution < -0.4 is 15.8 Å². The van der Waals surface area contributed by atoms with Gasteiger partial charge in [0, 0.05) is 18.6 Å². The molecular formula is C16H17N3O5. The molecule has 0 bridgehead atoms. The number of phenols is 1. The van der Waals surface area contributed by atoms with Crippen LogP contribution in [0.4, 0.5) is 17.1 Å². The van der Waals surface area contributed by atoms with Gasteiger partial charge in [0.1, 0.15) is 11.5 Å². The van der Waals surface area contributed by atoms with Crippen molar-refractivity contribution >= 4 is 23.0 Å². The lowest BCUT2D eigenvalue weighted by Crippen LogP contribution is -2.13. The van der Waals surface area contributed by atoms with Gasteiger partial charge in [-0.2, -0.15) is 0 Å². The highest BCUT2D eigenvalue weighted by atomic mass is 16.6. The number of aromatic hydroxyl groups is 1. The quantitative estimate of drug-likeness (QED) is 0.235. The standard InChI is InChI=1S/C16H17N3O5/c17-12-4-1-2-5-15(12)24-9-3-6-16(21)18-13-10-11(19(22)23)7-8-14(13)20/h1-2,4-5,7-8,10,20H,3,6,9,17H2,(H,18,21). The van der Waals surface area contributed by atoms with E-state index in [1.165, 1.54) is 0 Å². The largest absolute Gasteiger partial charge is 0.506 e. The third-order valence-corrected chi connectivity index (χ3v) is 3.19. The van der Waals surface area contributed by atoms with E-state index in [0.717, 1.165) is 18.2 Å². The van der Waals surface area contributed by atoms with Gasteiger partial charge in [0.05, 0.1) is 22.9 Å². The zero-order chi connectivity index (χ0) is 17.5. The monoisotopic (exact) mass is 331 g/mol. The molecule has 0 spiro atoms. The van der Waals surface area contributed by atoms with Crippen molar-refractivity contribution < 1.29 is 19.6 Å². The fourth-order valence-corrected chi connectivity index (χ4v) is 1.98. The van der Waals surface area contributed by atoms with E-state index in [2.05, 4.69) is 5.32 Å². The first kappa shape index (κ1) is 17.1. The van der Waals surface area contributed by atoms with Crippen LogP contribution in [-0.4, -0.2) is 22.5 Å². The summed E-state index contributed by atoms with van der Waals surface area (Å²) >= 11 is 0. The highest BCUT2D eigenvalue weighted by Gasteiger charge is 2.12. The Hall–Kier alpha value is -3.29. The van der Waals surface area contributed by atoms with Gasteiger partial charge in [-0.3, -0.25) is 14.9 Å². The average Bonchev–Trinajstić information content (AvgIpc) is 2.55. The molecule has 0 aliphatic rings. The van der Waals surface area contributed by atoms with Crippen molar-refractivity contribution in [1.82, 2.24) is 0 Å². The van der Waals surface area contributed by atoms with E-state index in [0.29, 0.717) is 24.5 Å². The van der Waals surface area contributed by atoms with Gasteiger partial charge in [-0.25, -0.2) is 0 Å². The maximum Gasteiger partial charge on any atom is 0.271 e. The lowest BCUT2D eigenvalue weighted by molar-refractivity contribution is -0.384. The molecule has 8 heteroatoms. The Balaban J connectivity index is 1.82. The Morgan fingerprint density at radius 1 is 1.29 bits per heavy atom. The van der Waals surface area contributed by atoms with Crippen molar-refractivity contribution in [2.45, 2.75) is 12.8 Å². The first-order chi connectivity index (χ1) is 11.5. The third kappa shape index (κ3) is 4.60. The molecule has 0 saturated carbocycles. The minimum atomic E-state index is -0.604. The van der Waals surface area contributed by atoms with E-state index < -0.39 is 4.92 Å². The van der Waals surface area contributed by atoms with Crippen molar-refractivity contribution in [2.24, 2.45) is 0 Å². The maximum atomic E-state index is 11.9. The molecule has 1 amide bonds. The minimum absolute atomic E-state index is 0.00224. The van der Waals surface area contributed by atoms with E-state index in [-0.39, 0.29) is 29.5 Å². The van der Waals surface area contributed by atoms with Crippen LogP contribution in [0.5, 0.6) is 11.5 Å². The molecule has 0 unspecified atom stereocenters. The molecule has 8 nitrogen and oxygen atoms in total. The van der Waals surface area contributed by atoms with Crippen LogP contribution in [0.1, 0.15) is 12.8 Å². The molecule has 0 aliphatic heterocycles. The van der Waals surface area contributed by atoms with E-state index >= 15 is 0 Å². The molecule has 0 atom stereocenters. The molecule has 2 rings (SSSR count). The van der Waals surface area contributed by atoms with Crippen molar-refractivity contribution in [3.8, 4) is 11.5 Å². The summed E-state index contributed by atoms with van der Waals surface area (Å²) in [6.07, 6.45) is 0.560. The second kappa shape index (κ2) is 7.82. The van der Waals surface area contributed by atoms with E-state index in [1.54, 1.807) is 24.3 Å². The number of para-hydroxylation sites is 2. The summed E-state index contributed by atoms with van der Waals surface area (Å²) in [7, 11) is 0. The highest BCUT2D eigenvalue weighted by molar-refractivity contribution is 5.92. The minimum Gasteiger partial charge on any atom is -0.506 e. The number of ether oxygens (including phenoxy) is 1. The topological polar surface area (TPSA) is 128 Å². The summed E-state index contributed by atoms with van der Waals surface area (Å²) < 4.78 is 5.47. The molecule has 126 valence electrons. The summed E-state index contributed by atoms with van der Waals surface area (Å²) in [4.78, 5) is 22.0. The summed E-state index contributed by atoms with van der Waals surface area (Å²) in [5.41, 5.74) is 6.04. The molecule has 0 fully saturated rings. The van der Waals surface area contributed by atoms with E-state index in [1.807, 2.05) is 0 Å². The van der Waals surface area contributed by atoms with Crippen molar-refractivity contribution in [3.63, 3.8) is 0 Å². The Morgan fingerprint density at radius 2 is 2.04 bits per heavy atom. The van der Waals surface area contributed by atoms with Crippen molar-refractivity contribution in [1.29, 1.82) is 0 Å². The number of non-ortho nitro benzene ring substituents is 1. The molecule has 2 aromatic rings. The fraction of sp³-hybridized carbons (Fsp3) is 0.188. The summed E-state index contributed by atoms with van der Waals surface area (Å²) in [5.74, 6) is -0.0630. The van der Waals surface area contributed by atoms with Crippen LogP contribution in [0.3, 0.4) is 0 Å². The molecule has 0 saturated heterocycles. The summed E-state index contributed by atoms with van der Waals surface area (Å²) in [5, 5.41) is 22.8. The zero-order valence-corrected chi connectivity index (χ0v) is 12.8. The summed E-state index contributed by atoms with van der Waals surface area (Å²) in [6.45, 7) is 0.294. The Labute approximate surface area is 138 Å². The van der Waals surface area contributed by atoms with Gasteiger partial charge >= 0.3 is 0 Å². The Morgan fingerprint density at radius 3 is 2.75 bits per heavy atom. The normalized spacial score (nSPS) is 10.2. The molecule has 0 heterocycles. The van der Waals surface area contributed by atoms with Gasteiger partial charge in [-0.15, -0.1) is 0 Å². The number of carbonyl (C=O) groups excluding carboxylic acids is 1. The predicted octanol–water partition coefficient (Wildman–Crippen LogP) is 2.68. The smallest absolute Gasteiger partial charge is 0.271 e. The third-order valence-electron chi connectivity index (χ3n) is 3.19. The van der Waals surface area contributed by atoms with Gasteiger partial charge in [0.15, 0.2) is 0 Å². The number of hydrogen-bond donors (Lipinski definition) is 3. The number of hydrogen-bond acceptors (Lipinski definition) is 6. The van der Waals surface area contributed by atoms with Crippen LogP contribution in [-0.2, 0) is 4.79 Å².